The number of amides is 2. The molecule has 2 amide bonds. The average molecular weight is 484 g/mol. The Morgan fingerprint density at radius 1 is 0.882 bits per heavy atom. The zero-order chi connectivity index (χ0) is 24.1. The third kappa shape index (κ3) is 5.85. The summed E-state index contributed by atoms with van der Waals surface area (Å²) in [6.45, 7) is 4.10. The van der Waals surface area contributed by atoms with Gasteiger partial charge in [0.25, 0.3) is 5.91 Å². The minimum atomic E-state index is -3.66. The number of hydrogen-bond acceptors (Lipinski definition) is 4. The van der Waals surface area contributed by atoms with Crippen molar-refractivity contribution in [2.75, 3.05) is 32.7 Å². The fourth-order valence-corrected chi connectivity index (χ4v) is 5.82. The van der Waals surface area contributed by atoms with Crippen LogP contribution in [-0.4, -0.2) is 62.8 Å². The highest BCUT2D eigenvalue weighted by Gasteiger charge is 2.23. The van der Waals surface area contributed by atoms with E-state index in [1.165, 1.54) is 5.56 Å². The average Bonchev–Trinajstić information content (AvgIpc) is 3.09. The van der Waals surface area contributed by atoms with E-state index < -0.39 is 10.0 Å². The molecule has 1 aliphatic carbocycles. The summed E-state index contributed by atoms with van der Waals surface area (Å²) in [5.74, 6) is -0.117. The second kappa shape index (κ2) is 10.7. The quantitative estimate of drug-likeness (QED) is 0.685. The number of sulfonamides is 1. The Kier molecular flexibility index (Phi) is 7.68. The van der Waals surface area contributed by atoms with E-state index in [0.717, 1.165) is 36.8 Å². The number of benzene rings is 2. The summed E-state index contributed by atoms with van der Waals surface area (Å²) >= 11 is 0. The fourth-order valence-electron chi connectivity index (χ4n) is 4.74. The van der Waals surface area contributed by atoms with Crippen LogP contribution in [0.1, 0.15) is 52.7 Å². The van der Waals surface area contributed by atoms with Gasteiger partial charge in [0.2, 0.25) is 15.9 Å². The standard InChI is InChI=1S/C26H33N3O4S/c1-20-6-4-9-23(18-20)26(31)29-15-5-14-28(16-17-29)25(30)12-13-27-34(32,33)24-11-10-21-7-2-3-8-22(21)19-24/h4,6,9-11,18-19,27H,2-3,5,7-8,12-17H2,1H3. The van der Waals surface area contributed by atoms with E-state index in [-0.39, 0.29) is 29.7 Å². The minimum Gasteiger partial charge on any atom is -0.341 e. The van der Waals surface area contributed by atoms with Gasteiger partial charge in [-0.25, -0.2) is 13.1 Å². The number of nitrogens with zero attached hydrogens (tertiary/aromatic N) is 2. The molecular weight excluding hydrogens is 450 g/mol. The fraction of sp³-hybridized carbons (Fsp3) is 0.462. The van der Waals surface area contributed by atoms with Gasteiger partial charge < -0.3 is 9.80 Å². The summed E-state index contributed by atoms with van der Waals surface area (Å²) < 4.78 is 28.0. The van der Waals surface area contributed by atoms with Crippen molar-refractivity contribution in [1.29, 1.82) is 0 Å². The number of nitrogens with one attached hydrogen (secondary N) is 1. The third-order valence-electron chi connectivity index (χ3n) is 6.66. The first-order valence-corrected chi connectivity index (χ1v) is 13.6. The summed E-state index contributed by atoms with van der Waals surface area (Å²) in [6, 6.07) is 12.9. The second-order valence-electron chi connectivity index (χ2n) is 9.18. The van der Waals surface area contributed by atoms with Crippen LogP contribution in [0.4, 0.5) is 0 Å². The highest BCUT2D eigenvalue weighted by molar-refractivity contribution is 7.89. The van der Waals surface area contributed by atoms with Crippen LogP contribution in [0.25, 0.3) is 0 Å². The van der Waals surface area contributed by atoms with Crippen LogP contribution in [0, 0.1) is 6.92 Å². The molecule has 1 fully saturated rings. The molecule has 2 aromatic carbocycles. The van der Waals surface area contributed by atoms with Crippen molar-refractivity contribution >= 4 is 21.8 Å². The first-order valence-electron chi connectivity index (χ1n) is 12.1. The normalized spacial score (nSPS) is 16.6. The summed E-state index contributed by atoms with van der Waals surface area (Å²) in [6.07, 6.45) is 4.94. The molecule has 8 heteroatoms. The molecule has 1 heterocycles. The van der Waals surface area contributed by atoms with Crippen LogP contribution in [-0.2, 0) is 27.7 Å². The number of fused-ring (bicyclic) bond motifs is 1. The topological polar surface area (TPSA) is 86.8 Å². The summed E-state index contributed by atoms with van der Waals surface area (Å²) in [5.41, 5.74) is 4.04. The van der Waals surface area contributed by atoms with Crippen molar-refractivity contribution in [3.8, 4) is 0 Å². The minimum absolute atomic E-state index is 0.0178. The molecule has 0 spiro atoms. The van der Waals surface area contributed by atoms with Crippen LogP contribution in [0.2, 0.25) is 0 Å². The van der Waals surface area contributed by atoms with E-state index in [1.54, 1.807) is 21.9 Å². The maximum atomic E-state index is 12.8. The van der Waals surface area contributed by atoms with E-state index >= 15 is 0 Å². The lowest BCUT2D eigenvalue weighted by atomic mass is 9.92. The van der Waals surface area contributed by atoms with Crippen molar-refractivity contribution in [2.45, 2.75) is 50.3 Å². The van der Waals surface area contributed by atoms with Gasteiger partial charge in [-0.15, -0.1) is 0 Å². The monoisotopic (exact) mass is 483 g/mol. The Morgan fingerprint density at radius 3 is 2.41 bits per heavy atom. The molecule has 1 aliphatic heterocycles. The van der Waals surface area contributed by atoms with Gasteiger partial charge in [-0.05, 0) is 74.4 Å². The van der Waals surface area contributed by atoms with Crippen LogP contribution in [0.15, 0.2) is 47.4 Å². The van der Waals surface area contributed by atoms with E-state index in [1.807, 2.05) is 37.3 Å². The van der Waals surface area contributed by atoms with Crippen LogP contribution < -0.4 is 4.72 Å². The number of carbonyl (C=O) groups is 2. The highest BCUT2D eigenvalue weighted by atomic mass is 32.2. The molecule has 0 atom stereocenters. The third-order valence-corrected chi connectivity index (χ3v) is 8.12. The SMILES string of the molecule is Cc1cccc(C(=O)N2CCCN(C(=O)CCNS(=O)(=O)c3ccc4c(c3)CCCC4)CC2)c1. The molecule has 0 unspecified atom stereocenters. The van der Waals surface area contributed by atoms with Gasteiger partial charge in [-0.3, -0.25) is 9.59 Å². The number of rotatable bonds is 6. The lowest BCUT2D eigenvalue weighted by molar-refractivity contribution is -0.130. The van der Waals surface area contributed by atoms with E-state index in [4.69, 9.17) is 0 Å². The molecule has 1 N–H and O–H groups in total. The molecule has 7 nitrogen and oxygen atoms in total. The maximum absolute atomic E-state index is 12.8. The predicted octanol–water partition coefficient (Wildman–Crippen LogP) is 2.92. The van der Waals surface area contributed by atoms with Crippen LogP contribution >= 0.6 is 0 Å². The zero-order valence-corrected chi connectivity index (χ0v) is 20.6. The van der Waals surface area contributed by atoms with E-state index in [2.05, 4.69) is 4.72 Å². The Balaban J connectivity index is 1.28. The van der Waals surface area contributed by atoms with Gasteiger partial charge in [0.1, 0.15) is 0 Å². The van der Waals surface area contributed by atoms with Crippen molar-refractivity contribution in [1.82, 2.24) is 14.5 Å². The second-order valence-corrected chi connectivity index (χ2v) is 10.9. The van der Waals surface area contributed by atoms with Crippen molar-refractivity contribution in [3.63, 3.8) is 0 Å². The summed E-state index contributed by atoms with van der Waals surface area (Å²) in [7, 11) is -3.66. The number of hydrogen-bond donors (Lipinski definition) is 1. The molecule has 4 rings (SSSR count). The molecule has 0 saturated carbocycles. The Bertz CT molecular complexity index is 1160. The Labute approximate surface area is 202 Å². The van der Waals surface area contributed by atoms with Gasteiger partial charge in [0.15, 0.2) is 0 Å². The van der Waals surface area contributed by atoms with Crippen LogP contribution in [0.3, 0.4) is 0 Å². The molecule has 0 bridgehead atoms. The van der Waals surface area contributed by atoms with Crippen molar-refractivity contribution in [3.05, 3.63) is 64.7 Å². The van der Waals surface area contributed by atoms with Crippen molar-refractivity contribution < 1.29 is 18.0 Å². The Hall–Kier alpha value is -2.71. The molecule has 182 valence electrons. The van der Waals surface area contributed by atoms with Gasteiger partial charge >= 0.3 is 0 Å². The lowest BCUT2D eigenvalue weighted by Gasteiger charge is -2.22. The zero-order valence-electron chi connectivity index (χ0n) is 19.8. The maximum Gasteiger partial charge on any atom is 0.253 e. The molecule has 1 saturated heterocycles. The lowest BCUT2D eigenvalue weighted by Crippen LogP contribution is -2.38. The molecule has 0 radical (unpaired) electrons. The molecule has 34 heavy (non-hydrogen) atoms. The molecular formula is C26H33N3O4S. The first-order chi connectivity index (χ1) is 16.3. The molecule has 0 aromatic heterocycles. The largest absolute Gasteiger partial charge is 0.341 e. The van der Waals surface area contributed by atoms with Gasteiger partial charge in [0, 0.05) is 44.7 Å². The van der Waals surface area contributed by atoms with E-state index in [9.17, 15) is 18.0 Å². The predicted molar refractivity (Wildman–Crippen MR) is 131 cm³/mol. The van der Waals surface area contributed by atoms with Crippen molar-refractivity contribution in [2.24, 2.45) is 0 Å². The highest BCUT2D eigenvalue weighted by Crippen LogP contribution is 2.24. The molecule has 2 aliphatic rings. The number of aryl methyl sites for hydroxylation is 3. The summed E-state index contributed by atoms with van der Waals surface area (Å²) in [4.78, 5) is 29.4. The van der Waals surface area contributed by atoms with Gasteiger partial charge in [-0.2, -0.15) is 0 Å². The Morgan fingerprint density at radius 2 is 1.62 bits per heavy atom. The van der Waals surface area contributed by atoms with Gasteiger partial charge in [-0.1, -0.05) is 23.8 Å². The molecule has 2 aromatic rings. The van der Waals surface area contributed by atoms with Gasteiger partial charge in [0.05, 0.1) is 4.90 Å². The van der Waals surface area contributed by atoms with E-state index in [0.29, 0.717) is 38.2 Å². The smallest absolute Gasteiger partial charge is 0.253 e. The first kappa shape index (κ1) is 24.4. The summed E-state index contributed by atoms with van der Waals surface area (Å²) in [5, 5.41) is 0. The van der Waals surface area contributed by atoms with Crippen LogP contribution in [0.5, 0.6) is 0 Å². The number of carbonyl (C=O) groups excluding carboxylic acids is 2.